The van der Waals surface area contributed by atoms with E-state index in [1.165, 1.54) is 6.92 Å². The largest absolute Gasteiger partial charge is 0.396 e. The Kier molecular flexibility index (Phi) is 4.78. The van der Waals surface area contributed by atoms with Gasteiger partial charge in [0.05, 0.1) is 0 Å². The number of amides is 1. The summed E-state index contributed by atoms with van der Waals surface area (Å²) in [5.41, 5.74) is 1.85. The van der Waals surface area contributed by atoms with E-state index in [2.05, 4.69) is 21.2 Å². The maximum absolute atomic E-state index is 11.0. The van der Waals surface area contributed by atoms with Crippen LogP contribution in [0.4, 0.5) is 5.69 Å². The standard InChI is InChI=1S/C11H14BrNO2/c1-8(15)13-11-5-4-10(12)7-9(11)3-2-6-14/h4-5,7,14H,2-3,6H2,1H3,(H,13,15). The maximum Gasteiger partial charge on any atom is 0.221 e. The van der Waals surface area contributed by atoms with E-state index < -0.39 is 0 Å². The van der Waals surface area contributed by atoms with Crippen LogP contribution >= 0.6 is 15.9 Å². The summed E-state index contributed by atoms with van der Waals surface area (Å²) in [4.78, 5) is 11.0. The van der Waals surface area contributed by atoms with Crippen LogP contribution in [0.1, 0.15) is 18.9 Å². The average Bonchev–Trinajstić information content (AvgIpc) is 2.18. The van der Waals surface area contributed by atoms with Gasteiger partial charge in [-0.3, -0.25) is 4.79 Å². The first-order valence-electron chi connectivity index (χ1n) is 4.80. The molecule has 15 heavy (non-hydrogen) atoms. The highest BCUT2D eigenvalue weighted by molar-refractivity contribution is 9.10. The summed E-state index contributed by atoms with van der Waals surface area (Å²) in [5, 5.41) is 11.5. The van der Waals surface area contributed by atoms with Gasteiger partial charge >= 0.3 is 0 Å². The van der Waals surface area contributed by atoms with Crippen LogP contribution in [0.2, 0.25) is 0 Å². The molecule has 0 atom stereocenters. The Morgan fingerprint density at radius 3 is 2.87 bits per heavy atom. The molecule has 1 aromatic rings. The number of hydrogen-bond acceptors (Lipinski definition) is 2. The summed E-state index contributed by atoms with van der Waals surface area (Å²) < 4.78 is 0.976. The predicted molar refractivity (Wildman–Crippen MR) is 63.9 cm³/mol. The summed E-state index contributed by atoms with van der Waals surface area (Å²) in [6, 6.07) is 5.70. The minimum absolute atomic E-state index is 0.0810. The van der Waals surface area contributed by atoms with Crippen molar-refractivity contribution in [2.75, 3.05) is 11.9 Å². The van der Waals surface area contributed by atoms with Gasteiger partial charge in [-0.05, 0) is 36.6 Å². The molecule has 0 saturated heterocycles. The third-order valence-electron chi connectivity index (χ3n) is 1.98. The van der Waals surface area contributed by atoms with E-state index in [-0.39, 0.29) is 12.5 Å². The Balaban J connectivity index is 2.87. The normalized spacial score (nSPS) is 10.1. The Morgan fingerprint density at radius 1 is 1.53 bits per heavy atom. The molecule has 4 heteroatoms. The first kappa shape index (κ1) is 12.2. The number of benzene rings is 1. The summed E-state index contributed by atoms with van der Waals surface area (Å²) >= 11 is 3.38. The number of anilines is 1. The SMILES string of the molecule is CC(=O)Nc1ccc(Br)cc1CCCO. The summed E-state index contributed by atoms with van der Waals surface area (Å²) in [6.45, 7) is 1.64. The minimum Gasteiger partial charge on any atom is -0.396 e. The average molecular weight is 272 g/mol. The van der Waals surface area contributed by atoms with Crippen LogP contribution in [0.15, 0.2) is 22.7 Å². The smallest absolute Gasteiger partial charge is 0.221 e. The molecule has 3 nitrogen and oxygen atoms in total. The monoisotopic (exact) mass is 271 g/mol. The maximum atomic E-state index is 11.0. The molecule has 0 aromatic heterocycles. The van der Waals surface area contributed by atoms with Crippen molar-refractivity contribution in [1.29, 1.82) is 0 Å². The molecule has 0 aliphatic heterocycles. The summed E-state index contributed by atoms with van der Waals surface area (Å²) in [5.74, 6) is -0.0810. The molecule has 82 valence electrons. The van der Waals surface area contributed by atoms with Crippen LogP contribution in [-0.4, -0.2) is 17.6 Å². The number of halogens is 1. The van der Waals surface area contributed by atoms with Crippen LogP contribution in [0.5, 0.6) is 0 Å². The number of nitrogens with one attached hydrogen (secondary N) is 1. The fourth-order valence-electron chi connectivity index (χ4n) is 1.35. The second-order valence-electron chi connectivity index (χ2n) is 3.31. The second-order valence-corrected chi connectivity index (χ2v) is 4.23. The zero-order chi connectivity index (χ0) is 11.3. The molecule has 1 rings (SSSR count). The van der Waals surface area contributed by atoms with Gasteiger partial charge in [-0.15, -0.1) is 0 Å². The van der Waals surface area contributed by atoms with Gasteiger partial charge in [-0.25, -0.2) is 0 Å². The highest BCUT2D eigenvalue weighted by Crippen LogP contribution is 2.22. The van der Waals surface area contributed by atoms with Gasteiger partial charge in [0, 0.05) is 23.7 Å². The lowest BCUT2D eigenvalue weighted by Crippen LogP contribution is -2.08. The fourth-order valence-corrected chi connectivity index (χ4v) is 1.76. The van der Waals surface area contributed by atoms with Gasteiger partial charge in [-0.2, -0.15) is 0 Å². The number of rotatable bonds is 4. The number of aliphatic hydroxyl groups is 1. The Morgan fingerprint density at radius 2 is 2.27 bits per heavy atom. The van der Waals surface area contributed by atoms with Crippen molar-refractivity contribution in [3.8, 4) is 0 Å². The second kappa shape index (κ2) is 5.88. The van der Waals surface area contributed by atoms with Crippen LogP contribution in [-0.2, 0) is 11.2 Å². The zero-order valence-corrected chi connectivity index (χ0v) is 10.2. The molecular weight excluding hydrogens is 258 g/mol. The number of aliphatic hydroxyl groups excluding tert-OH is 1. The lowest BCUT2D eigenvalue weighted by molar-refractivity contribution is -0.114. The number of hydrogen-bond donors (Lipinski definition) is 2. The third kappa shape index (κ3) is 4.01. The summed E-state index contributed by atoms with van der Waals surface area (Å²) in [6.07, 6.45) is 1.45. The predicted octanol–water partition coefficient (Wildman–Crippen LogP) is 2.33. The quantitative estimate of drug-likeness (QED) is 0.883. The topological polar surface area (TPSA) is 49.3 Å². The van der Waals surface area contributed by atoms with Gasteiger partial charge in [-0.1, -0.05) is 15.9 Å². The van der Waals surface area contributed by atoms with E-state index in [0.29, 0.717) is 6.42 Å². The molecule has 0 fully saturated rings. The van der Waals surface area contributed by atoms with Crippen molar-refractivity contribution < 1.29 is 9.90 Å². The molecule has 0 bridgehead atoms. The molecule has 0 spiro atoms. The van der Waals surface area contributed by atoms with Crippen molar-refractivity contribution in [3.63, 3.8) is 0 Å². The van der Waals surface area contributed by atoms with E-state index in [4.69, 9.17) is 5.11 Å². The molecule has 0 heterocycles. The van der Waals surface area contributed by atoms with E-state index >= 15 is 0 Å². The molecular formula is C11H14BrNO2. The molecule has 0 unspecified atom stereocenters. The molecule has 0 radical (unpaired) electrons. The molecule has 1 aromatic carbocycles. The van der Waals surface area contributed by atoms with Crippen LogP contribution in [0.3, 0.4) is 0 Å². The molecule has 2 N–H and O–H groups in total. The van der Waals surface area contributed by atoms with Gasteiger partial charge in [0.1, 0.15) is 0 Å². The van der Waals surface area contributed by atoms with E-state index in [1.807, 2.05) is 18.2 Å². The molecule has 0 saturated carbocycles. The minimum atomic E-state index is -0.0810. The lowest BCUT2D eigenvalue weighted by atomic mass is 10.1. The van der Waals surface area contributed by atoms with Crippen molar-refractivity contribution in [2.24, 2.45) is 0 Å². The van der Waals surface area contributed by atoms with Gasteiger partial charge in [0.2, 0.25) is 5.91 Å². The van der Waals surface area contributed by atoms with E-state index in [9.17, 15) is 4.79 Å². The Bertz CT molecular complexity index is 352. The lowest BCUT2D eigenvalue weighted by Gasteiger charge is -2.09. The Labute approximate surface area is 97.6 Å². The highest BCUT2D eigenvalue weighted by Gasteiger charge is 2.04. The van der Waals surface area contributed by atoms with Gasteiger partial charge in [0.25, 0.3) is 0 Å². The Hall–Kier alpha value is -0.870. The highest BCUT2D eigenvalue weighted by atomic mass is 79.9. The van der Waals surface area contributed by atoms with Crippen LogP contribution in [0.25, 0.3) is 0 Å². The zero-order valence-electron chi connectivity index (χ0n) is 8.59. The van der Waals surface area contributed by atoms with Gasteiger partial charge < -0.3 is 10.4 Å². The first-order valence-corrected chi connectivity index (χ1v) is 5.59. The van der Waals surface area contributed by atoms with Crippen molar-refractivity contribution in [1.82, 2.24) is 0 Å². The number of carbonyl (C=O) groups excluding carboxylic acids is 1. The molecule has 0 aliphatic carbocycles. The van der Waals surface area contributed by atoms with E-state index in [0.717, 1.165) is 22.1 Å². The first-order chi connectivity index (χ1) is 7.13. The molecule has 0 aliphatic rings. The van der Waals surface area contributed by atoms with Crippen molar-refractivity contribution >= 4 is 27.5 Å². The fraction of sp³-hybridized carbons (Fsp3) is 0.364. The van der Waals surface area contributed by atoms with Crippen LogP contribution in [0, 0.1) is 0 Å². The molecule has 1 amide bonds. The summed E-state index contributed by atoms with van der Waals surface area (Å²) in [7, 11) is 0. The number of aryl methyl sites for hydroxylation is 1. The van der Waals surface area contributed by atoms with Crippen molar-refractivity contribution in [2.45, 2.75) is 19.8 Å². The van der Waals surface area contributed by atoms with Crippen molar-refractivity contribution in [3.05, 3.63) is 28.2 Å². The van der Waals surface area contributed by atoms with E-state index in [1.54, 1.807) is 0 Å². The van der Waals surface area contributed by atoms with Crippen LogP contribution < -0.4 is 5.32 Å². The number of carbonyl (C=O) groups is 1. The van der Waals surface area contributed by atoms with Gasteiger partial charge in [0.15, 0.2) is 0 Å². The third-order valence-corrected chi connectivity index (χ3v) is 2.48.